The molecule has 96 valence electrons. The van der Waals surface area contributed by atoms with Crippen LogP contribution in [0.4, 0.5) is 0 Å². The zero-order chi connectivity index (χ0) is 13.2. The molecule has 0 saturated heterocycles. The normalized spacial score (nSPS) is 16.0. The van der Waals surface area contributed by atoms with Crippen molar-refractivity contribution in [3.8, 4) is 6.07 Å². The Bertz CT molecular complexity index is 584. The molecule has 2 rings (SSSR count). The minimum Gasteiger partial charge on any atom is -0.223 e. The SMILES string of the molecule is CCC(CC#N)S(=O)(=O)c1ccc2c(c1)CCC2. The van der Waals surface area contributed by atoms with Crippen LogP contribution in [-0.2, 0) is 22.7 Å². The molecular formula is C14H17NO2S. The summed E-state index contributed by atoms with van der Waals surface area (Å²) in [7, 11) is -3.36. The van der Waals surface area contributed by atoms with E-state index in [2.05, 4.69) is 0 Å². The zero-order valence-electron chi connectivity index (χ0n) is 10.5. The molecule has 1 aliphatic rings. The first-order chi connectivity index (χ1) is 8.59. The number of nitrogens with zero attached hydrogens (tertiary/aromatic N) is 1. The van der Waals surface area contributed by atoms with Crippen LogP contribution in [0.15, 0.2) is 23.1 Å². The molecule has 4 heteroatoms. The number of rotatable bonds is 4. The third-order valence-corrected chi connectivity index (χ3v) is 5.90. The van der Waals surface area contributed by atoms with Gasteiger partial charge in [-0.05, 0) is 48.9 Å². The van der Waals surface area contributed by atoms with Gasteiger partial charge in [-0.1, -0.05) is 13.0 Å². The largest absolute Gasteiger partial charge is 0.223 e. The molecule has 1 aromatic rings. The molecule has 0 radical (unpaired) electrons. The first-order valence-corrected chi connectivity index (χ1v) is 7.87. The predicted molar refractivity (Wildman–Crippen MR) is 70.0 cm³/mol. The number of benzene rings is 1. The van der Waals surface area contributed by atoms with Gasteiger partial charge < -0.3 is 0 Å². The van der Waals surface area contributed by atoms with Crippen LogP contribution >= 0.6 is 0 Å². The van der Waals surface area contributed by atoms with Crippen molar-refractivity contribution in [3.05, 3.63) is 29.3 Å². The third kappa shape index (κ3) is 2.28. The van der Waals surface area contributed by atoms with E-state index in [-0.39, 0.29) is 6.42 Å². The van der Waals surface area contributed by atoms with Crippen molar-refractivity contribution < 1.29 is 8.42 Å². The van der Waals surface area contributed by atoms with Crippen molar-refractivity contribution in [2.45, 2.75) is 49.2 Å². The average Bonchev–Trinajstić information content (AvgIpc) is 2.82. The van der Waals surface area contributed by atoms with Gasteiger partial charge in [0, 0.05) is 0 Å². The second-order valence-corrected chi connectivity index (χ2v) is 6.95. The molecular weight excluding hydrogens is 246 g/mol. The quantitative estimate of drug-likeness (QED) is 0.839. The number of sulfone groups is 1. The Morgan fingerprint density at radius 3 is 2.72 bits per heavy atom. The molecule has 1 aliphatic carbocycles. The fraction of sp³-hybridized carbons (Fsp3) is 0.500. The van der Waals surface area contributed by atoms with E-state index in [1.807, 2.05) is 19.1 Å². The summed E-state index contributed by atoms with van der Waals surface area (Å²) in [4.78, 5) is 0.380. The first-order valence-electron chi connectivity index (χ1n) is 6.32. The molecule has 0 fully saturated rings. The maximum Gasteiger partial charge on any atom is 0.182 e. The van der Waals surface area contributed by atoms with E-state index in [1.54, 1.807) is 12.1 Å². The van der Waals surface area contributed by atoms with E-state index in [0.717, 1.165) is 24.8 Å². The number of fused-ring (bicyclic) bond motifs is 1. The summed E-state index contributed by atoms with van der Waals surface area (Å²) in [5, 5.41) is 8.14. The van der Waals surface area contributed by atoms with Crippen molar-refractivity contribution in [3.63, 3.8) is 0 Å². The van der Waals surface area contributed by atoms with Crippen LogP contribution in [0.25, 0.3) is 0 Å². The average molecular weight is 263 g/mol. The molecule has 0 aliphatic heterocycles. The van der Waals surface area contributed by atoms with Crippen LogP contribution in [-0.4, -0.2) is 13.7 Å². The Kier molecular flexibility index (Phi) is 3.72. The molecule has 0 bridgehead atoms. The molecule has 1 atom stereocenters. The van der Waals surface area contributed by atoms with Gasteiger partial charge in [0.15, 0.2) is 9.84 Å². The summed E-state index contributed by atoms with van der Waals surface area (Å²) < 4.78 is 24.8. The molecule has 0 heterocycles. The van der Waals surface area contributed by atoms with Gasteiger partial charge in [0.05, 0.1) is 22.6 Å². The Labute approximate surface area is 108 Å². The Morgan fingerprint density at radius 2 is 2.06 bits per heavy atom. The molecule has 0 saturated carbocycles. The Morgan fingerprint density at radius 1 is 1.33 bits per heavy atom. The minimum atomic E-state index is -3.36. The lowest BCUT2D eigenvalue weighted by molar-refractivity contribution is 0.576. The fourth-order valence-corrected chi connectivity index (χ4v) is 4.17. The third-order valence-electron chi connectivity index (χ3n) is 3.61. The lowest BCUT2D eigenvalue weighted by atomic mass is 10.1. The van der Waals surface area contributed by atoms with Crippen LogP contribution in [0, 0.1) is 11.3 Å². The fourth-order valence-electron chi connectivity index (χ4n) is 2.49. The summed E-state index contributed by atoms with van der Waals surface area (Å²) in [5.74, 6) is 0. The van der Waals surface area contributed by atoms with Gasteiger partial charge >= 0.3 is 0 Å². The second-order valence-electron chi connectivity index (χ2n) is 4.72. The van der Waals surface area contributed by atoms with E-state index in [1.165, 1.54) is 5.56 Å². The Hall–Kier alpha value is -1.34. The maximum absolute atomic E-state index is 12.4. The topological polar surface area (TPSA) is 57.9 Å². The first kappa shape index (κ1) is 13.1. The zero-order valence-corrected chi connectivity index (χ0v) is 11.3. The van der Waals surface area contributed by atoms with Crippen molar-refractivity contribution in [2.75, 3.05) is 0 Å². The van der Waals surface area contributed by atoms with Gasteiger partial charge in [0.2, 0.25) is 0 Å². The van der Waals surface area contributed by atoms with E-state index in [9.17, 15) is 8.42 Å². The lowest BCUT2D eigenvalue weighted by Crippen LogP contribution is -2.20. The van der Waals surface area contributed by atoms with E-state index < -0.39 is 15.1 Å². The molecule has 0 N–H and O–H groups in total. The number of aryl methyl sites for hydroxylation is 2. The highest BCUT2D eigenvalue weighted by molar-refractivity contribution is 7.92. The van der Waals surface area contributed by atoms with Crippen LogP contribution in [0.2, 0.25) is 0 Å². The van der Waals surface area contributed by atoms with Crippen LogP contribution < -0.4 is 0 Å². The van der Waals surface area contributed by atoms with E-state index >= 15 is 0 Å². The van der Waals surface area contributed by atoms with Gasteiger partial charge in [-0.15, -0.1) is 0 Å². The molecule has 0 spiro atoms. The van der Waals surface area contributed by atoms with Crippen molar-refractivity contribution in [2.24, 2.45) is 0 Å². The highest BCUT2D eigenvalue weighted by Crippen LogP contribution is 2.27. The highest BCUT2D eigenvalue weighted by Gasteiger charge is 2.26. The summed E-state index contributed by atoms with van der Waals surface area (Å²) >= 11 is 0. The van der Waals surface area contributed by atoms with E-state index in [0.29, 0.717) is 11.3 Å². The molecule has 18 heavy (non-hydrogen) atoms. The van der Waals surface area contributed by atoms with Crippen LogP contribution in [0.5, 0.6) is 0 Å². The number of nitriles is 1. The van der Waals surface area contributed by atoms with Gasteiger partial charge in [0.25, 0.3) is 0 Å². The predicted octanol–water partition coefficient (Wildman–Crippen LogP) is 2.64. The van der Waals surface area contributed by atoms with Crippen molar-refractivity contribution in [1.82, 2.24) is 0 Å². The summed E-state index contributed by atoms with van der Waals surface area (Å²) in [6, 6.07) is 7.39. The molecule has 3 nitrogen and oxygen atoms in total. The standard InChI is InChI=1S/C14H17NO2S/c1-2-13(8-9-15)18(16,17)14-7-6-11-4-3-5-12(11)10-14/h6-7,10,13H,2-5,8H2,1H3. The van der Waals surface area contributed by atoms with Gasteiger partial charge in [-0.2, -0.15) is 5.26 Å². The van der Waals surface area contributed by atoms with Crippen molar-refractivity contribution >= 4 is 9.84 Å². The Balaban J connectivity index is 2.38. The van der Waals surface area contributed by atoms with Crippen LogP contribution in [0.3, 0.4) is 0 Å². The summed E-state index contributed by atoms with van der Waals surface area (Å²) in [6.07, 6.45) is 3.66. The number of hydrogen-bond acceptors (Lipinski definition) is 3. The molecule has 1 unspecified atom stereocenters. The maximum atomic E-state index is 12.4. The van der Waals surface area contributed by atoms with E-state index in [4.69, 9.17) is 5.26 Å². The molecule has 1 aromatic carbocycles. The summed E-state index contributed by atoms with van der Waals surface area (Å²) in [6.45, 7) is 1.81. The van der Waals surface area contributed by atoms with Gasteiger partial charge in [-0.3, -0.25) is 0 Å². The lowest BCUT2D eigenvalue weighted by Gasteiger charge is -2.13. The minimum absolute atomic E-state index is 0.0654. The molecule has 0 amide bonds. The van der Waals surface area contributed by atoms with Gasteiger partial charge in [0.1, 0.15) is 0 Å². The van der Waals surface area contributed by atoms with Crippen molar-refractivity contribution in [1.29, 1.82) is 5.26 Å². The van der Waals surface area contributed by atoms with Gasteiger partial charge in [-0.25, -0.2) is 8.42 Å². The second kappa shape index (κ2) is 5.11. The number of hydrogen-bond donors (Lipinski definition) is 0. The summed E-state index contributed by atoms with van der Waals surface area (Å²) in [5.41, 5.74) is 2.42. The molecule has 0 aromatic heterocycles. The monoisotopic (exact) mass is 263 g/mol. The highest BCUT2D eigenvalue weighted by atomic mass is 32.2. The van der Waals surface area contributed by atoms with Crippen LogP contribution in [0.1, 0.15) is 37.3 Å². The smallest absolute Gasteiger partial charge is 0.182 e.